The largest absolute Gasteiger partial charge is 0.454 e. The molecule has 0 aliphatic carbocycles. The van der Waals surface area contributed by atoms with Crippen LogP contribution in [0.15, 0.2) is 47.4 Å². The van der Waals surface area contributed by atoms with Gasteiger partial charge < -0.3 is 25.2 Å². The van der Waals surface area contributed by atoms with Crippen molar-refractivity contribution in [2.75, 3.05) is 24.9 Å². The van der Waals surface area contributed by atoms with E-state index >= 15 is 0 Å². The lowest BCUT2D eigenvalue weighted by Crippen LogP contribution is -2.37. The Balaban J connectivity index is 1.51. The van der Waals surface area contributed by atoms with E-state index in [4.69, 9.17) is 9.47 Å². The van der Waals surface area contributed by atoms with Crippen LogP contribution in [-0.2, 0) is 9.59 Å². The summed E-state index contributed by atoms with van der Waals surface area (Å²) in [6.07, 6.45) is 1.07. The molecule has 2 aromatic rings. The maximum Gasteiger partial charge on any atom is 0.313 e. The molecule has 0 fully saturated rings. The van der Waals surface area contributed by atoms with E-state index in [1.54, 1.807) is 42.1 Å². The molecule has 136 valence electrons. The van der Waals surface area contributed by atoms with Gasteiger partial charge in [-0.1, -0.05) is 12.1 Å². The summed E-state index contributed by atoms with van der Waals surface area (Å²) < 4.78 is 10.4. The fourth-order valence-electron chi connectivity index (χ4n) is 2.38. The van der Waals surface area contributed by atoms with Gasteiger partial charge in [0.15, 0.2) is 11.5 Å². The van der Waals surface area contributed by atoms with Crippen molar-refractivity contribution in [1.82, 2.24) is 5.32 Å². The van der Waals surface area contributed by atoms with E-state index in [2.05, 4.69) is 10.6 Å². The van der Waals surface area contributed by atoms with Crippen LogP contribution in [0.5, 0.6) is 11.5 Å². The molecule has 1 heterocycles. The Morgan fingerprint density at radius 3 is 2.58 bits per heavy atom. The number of rotatable bonds is 5. The van der Waals surface area contributed by atoms with Gasteiger partial charge in [-0.15, -0.1) is 11.8 Å². The quantitative estimate of drug-likeness (QED) is 0.547. The maximum atomic E-state index is 12.0. The minimum atomic E-state index is -0.895. The molecular formula is C18H18N2O5S. The van der Waals surface area contributed by atoms with E-state index in [-0.39, 0.29) is 13.3 Å². The van der Waals surface area contributed by atoms with Crippen molar-refractivity contribution in [3.05, 3.63) is 48.0 Å². The van der Waals surface area contributed by atoms with Gasteiger partial charge in [0.1, 0.15) is 0 Å². The van der Waals surface area contributed by atoms with Crippen molar-refractivity contribution in [1.29, 1.82) is 0 Å². The fourth-order valence-corrected chi connectivity index (χ4v) is 2.78. The van der Waals surface area contributed by atoms with Crippen molar-refractivity contribution in [3.8, 4) is 11.5 Å². The second-order valence-electron chi connectivity index (χ2n) is 5.52. The van der Waals surface area contributed by atoms with Crippen LogP contribution in [0.3, 0.4) is 0 Å². The molecule has 3 rings (SSSR count). The lowest BCUT2D eigenvalue weighted by Gasteiger charge is -2.13. The molecule has 1 aliphatic rings. The smallest absolute Gasteiger partial charge is 0.313 e. The van der Waals surface area contributed by atoms with Crippen molar-refractivity contribution in [2.45, 2.75) is 11.0 Å². The van der Waals surface area contributed by atoms with Crippen LogP contribution >= 0.6 is 11.8 Å². The highest BCUT2D eigenvalue weighted by atomic mass is 32.2. The zero-order chi connectivity index (χ0) is 18.5. The number of fused-ring (bicyclic) bond motifs is 1. The fraction of sp³-hybridized carbons (Fsp3) is 0.222. The van der Waals surface area contributed by atoms with E-state index in [0.717, 1.165) is 4.90 Å². The molecule has 1 aliphatic heterocycles. The second kappa shape index (κ2) is 8.11. The van der Waals surface area contributed by atoms with Gasteiger partial charge in [0.25, 0.3) is 0 Å². The van der Waals surface area contributed by atoms with Gasteiger partial charge in [0, 0.05) is 23.2 Å². The SMILES string of the molecule is CSc1ccc([C@H](O)CNC(=O)C(=O)Nc2ccc3c(c2)OCO3)cc1. The third-order valence-electron chi connectivity index (χ3n) is 3.79. The lowest BCUT2D eigenvalue weighted by atomic mass is 10.1. The van der Waals surface area contributed by atoms with Gasteiger partial charge in [-0.2, -0.15) is 0 Å². The summed E-state index contributed by atoms with van der Waals surface area (Å²) in [4.78, 5) is 25.0. The molecule has 26 heavy (non-hydrogen) atoms. The number of hydrogen-bond acceptors (Lipinski definition) is 6. The molecule has 7 nitrogen and oxygen atoms in total. The van der Waals surface area contributed by atoms with Crippen LogP contribution < -0.4 is 20.1 Å². The first-order chi connectivity index (χ1) is 12.6. The predicted molar refractivity (Wildman–Crippen MR) is 97.4 cm³/mol. The number of nitrogens with one attached hydrogen (secondary N) is 2. The molecule has 8 heteroatoms. The van der Waals surface area contributed by atoms with Crippen LogP contribution in [-0.4, -0.2) is 36.5 Å². The van der Waals surface area contributed by atoms with Crippen LogP contribution in [0.4, 0.5) is 5.69 Å². The van der Waals surface area contributed by atoms with E-state index in [9.17, 15) is 14.7 Å². The van der Waals surface area contributed by atoms with Gasteiger partial charge in [0.05, 0.1) is 6.10 Å². The Hall–Kier alpha value is -2.71. The Morgan fingerprint density at radius 1 is 1.12 bits per heavy atom. The van der Waals surface area contributed by atoms with Crippen LogP contribution in [0.25, 0.3) is 0 Å². The van der Waals surface area contributed by atoms with Crippen molar-refractivity contribution < 1.29 is 24.2 Å². The zero-order valence-electron chi connectivity index (χ0n) is 14.0. The summed E-state index contributed by atoms with van der Waals surface area (Å²) in [5.74, 6) is -0.563. The standard InChI is InChI=1S/C18H18N2O5S/c1-26-13-5-2-11(3-6-13)14(21)9-19-17(22)18(23)20-12-4-7-15-16(8-12)25-10-24-15/h2-8,14,21H,9-10H2,1H3,(H,19,22)(H,20,23)/t14-/m1/s1. The van der Waals surface area contributed by atoms with Crippen LogP contribution in [0, 0.1) is 0 Å². The highest BCUT2D eigenvalue weighted by Crippen LogP contribution is 2.34. The molecule has 3 N–H and O–H groups in total. The lowest BCUT2D eigenvalue weighted by molar-refractivity contribution is -0.136. The molecule has 2 amide bonds. The third-order valence-corrected chi connectivity index (χ3v) is 4.54. The first-order valence-electron chi connectivity index (χ1n) is 7.87. The first kappa shape index (κ1) is 18.1. The summed E-state index contributed by atoms with van der Waals surface area (Å²) in [5, 5.41) is 15.0. The molecule has 1 atom stereocenters. The number of anilines is 1. The molecule has 0 spiro atoms. The molecule has 0 saturated heterocycles. The average molecular weight is 374 g/mol. The number of aliphatic hydroxyl groups excluding tert-OH is 1. The van der Waals surface area contributed by atoms with Gasteiger partial charge in [-0.05, 0) is 36.1 Å². The Labute approximate surface area is 154 Å². The highest BCUT2D eigenvalue weighted by molar-refractivity contribution is 7.98. The van der Waals surface area contributed by atoms with E-state index in [1.165, 1.54) is 0 Å². The average Bonchev–Trinajstić information content (AvgIpc) is 3.13. The molecule has 0 aromatic heterocycles. The van der Waals surface area contributed by atoms with Crippen molar-refractivity contribution in [2.24, 2.45) is 0 Å². The number of benzene rings is 2. The summed E-state index contributed by atoms with van der Waals surface area (Å²) >= 11 is 1.60. The second-order valence-corrected chi connectivity index (χ2v) is 6.40. The number of ether oxygens (including phenoxy) is 2. The third kappa shape index (κ3) is 4.27. The molecule has 0 unspecified atom stereocenters. The monoisotopic (exact) mass is 374 g/mol. The Bertz CT molecular complexity index is 810. The van der Waals surface area contributed by atoms with E-state index < -0.39 is 17.9 Å². The van der Waals surface area contributed by atoms with Crippen LogP contribution in [0.1, 0.15) is 11.7 Å². The van der Waals surface area contributed by atoms with Gasteiger partial charge in [-0.25, -0.2) is 0 Å². The number of hydrogen-bond donors (Lipinski definition) is 3. The summed E-state index contributed by atoms with van der Waals surface area (Å²) in [5.41, 5.74) is 1.09. The normalized spacial score (nSPS) is 13.2. The van der Waals surface area contributed by atoms with E-state index in [0.29, 0.717) is 22.7 Å². The van der Waals surface area contributed by atoms with Crippen molar-refractivity contribution >= 4 is 29.3 Å². The van der Waals surface area contributed by atoms with Crippen molar-refractivity contribution in [3.63, 3.8) is 0 Å². The van der Waals surface area contributed by atoms with Crippen LogP contribution in [0.2, 0.25) is 0 Å². The van der Waals surface area contributed by atoms with Gasteiger partial charge >= 0.3 is 11.8 Å². The minimum Gasteiger partial charge on any atom is -0.454 e. The molecule has 0 bridgehead atoms. The summed E-state index contributed by atoms with van der Waals surface area (Å²) in [6, 6.07) is 12.2. The number of carbonyl (C=O) groups is 2. The van der Waals surface area contributed by atoms with E-state index in [1.807, 2.05) is 18.4 Å². The molecule has 0 radical (unpaired) electrons. The predicted octanol–water partition coefficient (Wildman–Crippen LogP) is 1.93. The molecular weight excluding hydrogens is 356 g/mol. The number of aliphatic hydroxyl groups is 1. The topological polar surface area (TPSA) is 96.9 Å². The first-order valence-corrected chi connectivity index (χ1v) is 9.10. The zero-order valence-corrected chi connectivity index (χ0v) is 14.8. The summed E-state index contributed by atoms with van der Waals surface area (Å²) in [7, 11) is 0. The minimum absolute atomic E-state index is 0.0635. The summed E-state index contributed by atoms with van der Waals surface area (Å²) in [6.45, 7) is 0.0645. The number of amides is 2. The molecule has 0 saturated carbocycles. The number of thioether (sulfide) groups is 1. The Kier molecular flexibility index (Phi) is 5.65. The molecule has 2 aromatic carbocycles. The van der Waals surface area contributed by atoms with Gasteiger partial charge in [0.2, 0.25) is 6.79 Å². The highest BCUT2D eigenvalue weighted by Gasteiger charge is 2.18. The number of carbonyl (C=O) groups excluding carboxylic acids is 2. The Morgan fingerprint density at radius 2 is 1.85 bits per heavy atom. The maximum absolute atomic E-state index is 12.0. The van der Waals surface area contributed by atoms with Gasteiger partial charge in [-0.3, -0.25) is 9.59 Å².